The molecule has 16 nitrogen and oxygen atoms in total. The number of aliphatic hydroxyl groups is 1. The lowest BCUT2D eigenvalue weighted by Crippen LogP contribution is -2.60. The maximum atomic E-state index is 14.5. The Morgan fingerprint density at radius 1 is 1.05 bits per heavy atom. The summed E-state index contributed by atoms with van der Waals surface area (Å²) >= 11 is 0. The van der Waals surface area contributed by atoms with Crippen molar-refractivity contribution in [2.75, 3.05) is 27.8 Å². The molecule has 0 radical (unpaired) electrons. The predicted octanol–water partition coefficient (Wildman–Crippen LogP) is 5.14. The largest absolute Gasteiger partial charge is 0.509 e. The van der Waals surface area contributed by atoms with Crippen LogP contribution in [0.15, 0.2) is 54.1 Å². The first-order valence-electron chi connectivity index (χ1n) is 21.4. The molecule has 5 rings (SSSR count). The number of carbonyl (C=O) groups excluding carboxylic acids is 3. The van der Waals surface area contributed by atoms with Crippen LogP contribution in [0.2, 0.25) is 0 Å². The van der Waals surface area contributed by atoms with Crippen LogP contribution in [-0.2, 0) is 54.0 Å². The molecule has 0 unspecified atom stereocenters. The Morgan fingerprint density at radius 2 is 1.81 bits per heavy atom. The molecule has 340 valence electrons. The van der Waals surface area contributed by atoms with E-state index in [1.807, 2.05) is 66.6 Å². The third-order valence-electron chi connectivity index (χ3n) is 12.5. The van der Waals surface area contributed by atoms with Crippen LogP contribution in [0.1, 0.15) is 85.9 Å². The monoisotopic (exact) mass is 864 g/mol. The summed E-state index contributed by atoms with van der Waals surface area (Å²) in [7, 11) is 5.31. The Labute approximate surface area is 365 Å². The molecule has 3 aliphatic heterocycles. The Hall–Kier alpha value is -4.66. The highest BCUT2D eigenvalue weighted by Gasteiger charge is 2.59. The van der Waals surface area contributed by atoms with E-state index in [0.717, 1.165) is 0 Å². The van der Waals surface area contributed by atoms with E-state index in [2.05, 4.69) is 27.0 Å². The van der Waals surface area contributed by atoms with Crippen molar-refractivity contribution in [2.45, 2.75) is 141 Å². The van der Waals surface area contributed by atoms with Gasteiger partial charge in [0.05, 0.1) is 41.6 Å². The molecule has 0 spiro atoms. The van der Waals surface area contributed by atoms with Gasteiger partial charge in [0.2, 0.25) is 0 Å². The molecule has 5 heterocycles. The smallest absolute Gasteiger partial charge is 0.461 e. The second-order valence-electron chi connectivity index (χ2n) is 17.4. The zero-order chi connectivity index (χ0) is 45.4. The van der Waals surface area contributed by atoms with E-state index in [1.165, 1.54) is 0 Å². The Morgan fingerprint density at radius 3 is 2.45 bits per heavy atom. The van der Waals surface area contributed by atoms with Crippen molar-refractivity contribution < 1.29 is 57.5 Å². The topological polar surface area (TPSA) is 187 Å². The van der Waals surface area contributed by atoms with Crippen molar-refractivity contribution in [1.82, 2.24) is 14.9 Å². The molecule has 62 heavy (non-hydrogen) atoms. The van der Waals surface area contributed by atoms with Gasteiger partial charge in [0.1, 0.15) is 18.3 Å². The summed E-state index contributed by atoms with van der Waals surface area (Å²) in [5, 5.41) is 16.4. The van der Waals surface area contributed by atoms with E-state index in [1.54, 1.807) is 63.8 Å². The number of methoxy groups -OCH3 is 1. The number of nitrogens with zero attached hydrogens (tertiary/aromatic N) is 4. The van der Waals surface area contributed by atoms with Crippen LogP contribution in [-0.4, -0.2) is 132 Å². The number of oxime groups is 1. The maximum absolute atomic E-state index is 14.5. The van der Waals surface area contributed by atoms with E-state index < -0.39 is 89.8 Å². The average Bonchev–Trinajstić information content (AvgIpc) is 3.56. The molecule has 0 aliphatic carbocycles. The van der Waals surface area contributed by atoms with Crippen molar-refractivity contribution in [3.63, 3.8) is 0 Å². The number of fused-ring (bicyclic) bond motifs is 1. The molecule has 2 aromatic heterocycles. The molecule has 0 bridgehead atoms. The lowest BCUT2D eigenvalue weighted by Gasteiger charge is -2.48. The number of pyridine rings is 2. The Balaban J connectivity index is 1.63. The summed E-state index contributed by atoms with van der Waals surface area (Å²) in [6.45, 7) is 14.4. The number of hydrogen-bond donors (Lipinski definition) is 1. The molecular weight excluding hydrogens is 801 g/mol. The highest BCUT2D eigenvalue weighted by Crippen LogP contribution is 2.43. The summed E-state index contributed by atoms with van der Waals surface area (Å²) in [6, 6.07) is 8.53. The zero-order valence-electron chi connectivity index (χ0n) is 37.8. The van der Waals surface area contributed by atoms with Gasteiger partial charge in [0, 0.05) is 55.1 Å². The number of ether oxygens (including phenoxy) is 7. The van der Waals surface area contributed by atoms with Crippen molar-refractivity contribution in [2.24, 2.45) is 28.8 Å². The first-order valence-corrected chi connectivity index (χ1v) is 21.4. The lowest BCUT2D eigenvalue weighted by atomic mass is 9.73. The zero-order valence-corrected chi connectivity index (χ0v) is 37.8. The van der Waals surface area contributed by atoms with Crippen LogP contribution in [0.4, 0.5) is 4.79 Å². The third kappa shape index (κ3) is 11.3. The number of hydrogen-bond acceptors (Lipinski definition) is 16. The van der Waals surface area contributed by atoms with E-state index in [0.29, 0.717) is 23.4 Å². The quantitative estimate of drug-likeness (QED) is 0.109. The number of rotatable bonds is 10. The summed E-state index contributed by atoms with van der Waals surface area (Å²) in [4.78, 5) is 57.6. The van der Waals surface area contributed by atoms with Crippen LogP contribution in [0, 0.1) is 35.5 Å². The van der Waals surface area contributed by atoms with E-state index in [-0.39, 0.29) is 38.0 Å². The van der Waals surface area contributed by atoms with Crippen molar-refractivity contribution >= 4 is 23.8 Å². The number of likely N-dealkylation sites (N-methyl/N-ethyl adjacent to an activating group) is 1. The van der Waals surface area contributed by atoms with Gasteiger partial charge in [0.25, 0.3) is 0 Å². The standard InChI is InChI=1S/C46H64N4O12/c1-12-35-46(8)41(61-44(54)62-46)29(4)37(49-56-22-16-18-32-17-15-20-47-26-32)27(2)25-45(7,55-11)40(60-43-38(52)34(50(9)10)23-28(3)57-43)30(5)39(31(6)42(53)58-35)59-36(51)24-33-19-13-14-21-48-33/h13-15,17,19-21,26-31,34-35,38-41,43,52H,12,22-25H2,1-11H3/b49-37+/t27-,28-,29+,30+,31-,34+,35-,38-,39+,40-,41-,43+,45-,46-/m1/s1. The molecule has 14 atom stereocenters. The highest BCUT2D eigenvalue weighted by atomic mass is 16.8. The molecule has 0 amide bonds. The first-order chi connectivity index (χ1) is 29.4. The minimum atomic E-state index is -1.47. The van der Waals surface area contributed by atoms with Gasteiger partial charge in [-0.3, -0.25) is 19.6 Å². The number of esters is 2. The van der Waals surface area contributed by atoms with E-state index >= 15 is 0 Å². The van der Waals surface area contributed by atoms with Gasteiger partial charge < -0.3 is 48.0 Å². The van der Waals surface area contributed by atoms with Gasteiger partial charge >= 0.3 is 18.1 Å². The number of carbonyl (C=O) groups is 3. The summed E-state index contributed by atoms with van der Waals surface area (Å²) in [5.41, 5.74) is -1.05. The molecular formula is C46H64N4O12. The molecule has 0 aromatic carbocycles. The fraction of sp³-hybridized carbons (Fsp3) is 0.652. The van der Waals surface area contributed by atoms with Crippen LogP contribution in [0.3, 0.4) is 0 Å². The second kappa shape index (κ2) is 21.1. The van der Waals surface area contributed by atoms with Crippen LogP contribution in [0.25, 0.3) is 0 Å². The molecule has 16 heteroatoms. The van der Waals surface area contributed by atoms with Crippen molar-refractivity contribution in [3.05, 3.63) is 60.2 Å². The fourth-order valence-corrected chi connectivity index (χ4v) is 9.14. The SMILES string of the molecule is CC[C@H]1OC(=O)[C@H](C)[C@@H](OC(=O)Cc2ccccn2)[C@H](C)[C@@H](O[C@@H]2O[C@H](C)C[C@H](N(C)C)[C@H]2O)[C@](C)(OC)C[C@@H](C)/C(=N\OCC#Cc2cccnc2)[C@H](C)[C@H]2OC(=O)O[C@@]21C. The van der Waals surface area contributed by atoms with Crippen LogP contribution in [0.5, 0.6) is 0 Å². The van der Waals surface area contributed by atoms with Crippen LogP contribution >= 0.6 is 0 Å². The summed E-state index contributed by atoms with van der Waals surface area (Å²) in [5.74, 6) is 1.62. The Kier molecular flexibility index (Phi) is 16.5. The minimum absolute atomic E-state index is 0.0683. The van der Waals surface area contributed by atoms with E-state index in [9.17, 15) is 19.5 Å². The van der Waals surface area contributed by atoms with Gasteiger partial charge in [-0.2, -0.15) is 0 Å². The molecule has 0 saturated carbocycles. The van der Waals surface area contributed by atoms with E-state index in [4.69, 9.17) is 38.0 Å². The fourth-order valence-electron chi connectivity index (χ4n) is 9.14. The van der Waals surface area contributed by atoms with Gasteiger partial charge in [-0.25, -0.2) is 4.79 Å². The van der Waals surface area contributed by atoms with Gasteiger partial charge in [-0.1, -0.05) is 50.8 Å². The molecule has 1 N–H and O–H groups in total. The summed E-state index contributed by atoms with van der Waals surface area (Å²) < 4.78 is 44.0. The normalized spacial score (nSPS) is 36.2. The first kappa shape index (κ1) is 48.4. The van der Waals surface area contributed by atoms with Crippen LogP contribution < -0.4 is 0 Å². The highest BCUT2D eigenvalue weighted by molar-refractivity contribution is 5.89. The minimum Gasteiger partial charge on any atom is -0.461 e. The molecule has 3 saturated heterocycles. The lowest BCUT2D eigenvalue weighted by molar-refractivity contribution is -0.301. The Bertz CT molecular complexity index is 1910. The van der Waals surface area contributed by atoms with Crippen molar-refractivity contribution in [1.29, 1.82) is 0 Å². The predicted molar refractivity (Wildman–Crippen MR) is 226 cm³/mol. The molecule has 2 aromatic rings. The molecule has 3 aliphatic rings. The van der Waals surface area contributed by atoms with Gasteiger partial charge in [-0.15, -0.1) is 0 Å². The maximum Gasteiger partial charge on any atom is 0.509 e. The van der Waals surface area contributed by atoms with Gasteiger partial charge in [0.15, 0.2) is 24.6 Å². The third-order valence-corrected chi connectivity index (χ3v) is 12.5. The number of aromatic nitrogens is 2. The summed E-state index contributed by atoms with van der Waals surface area (Å²) in [6.07, 6.45) is -1.85. The molecule has 3 fully saturated rings. The number of cyclic esters (lactones) is 1. The van der Waals surface area contributed by atoms with Crippen molar-refractivity contribution in [3.8, 4) is 11.8 Å². The van der Waals surface area contributed by atoms with Gasteiger partial charge in [-0.05, 0) is 85.3 Å². The number of aliphatic hydroxyl groups excluding tert-OH is 1. The second-order valence-corrected chi connectivity index (χ2v) is 17.4. The average molecular weight is 865 g/mol.